The quantitative estimate of drug-likeness (QED) is 0.472. The molecule has 0 spiro atoms. The number of amides is 1. The van der Waals surface area contributed by atoms with Gasteiger partial charge in [-0.3, -0.25) is 19.3 Å². The van der Waals surface area contributed by atoms with Crippen molar-refractivity contribution in [2.45, 2.75) is 32.7 Å². The summed E-state index contributed by atoms with van der Waals surface area (Å²) < 4.78 is 9.08. The molecule has 0 aromatic heterocycles. The van der Waals surface area contributed by atoms with Crippen LogP contribution in [0, 0.1) is 0 Å². The minimum Gasteiger partial charge on any atom is -0.469 e. The predicted molar refractivity (Wildman–Crippen MR) is 73.0 cm³/mol. The van der Waals surface area contributed by atoms with Crippen LogP contribution in [0.1, 0.15) is 26.7 Å². The Morgan fingerprint density at radius 2 is 1.65 bits per heavy atom. The van der Waals surface area contributed by atoms with Crippen molar-refractivity contribution in [1.82, 2.24) is 10.2 Å². The van der Waals surface area contributed by atoms with Gasteiger partial charge in [-0.2, -0.15) is 0 Å². The van der Waals surface area contributed by atoms with Crippen LogP contribution in [-0.4, -0.2) is 62.6 Å². The van der Waals surface area contributed by atoms with Crippen LogP contribution < -0.4 is 5.32 Å². The van der Waals surface area contributed by atoms with E-state index in [1.807, 2.05) is 13.8 Å². The highest BCUT2D eigenvalue weighted by molar-refractivity contribution is 5.79. The summed E-state index contributed by atoms with van der Waals surface area (Å²) in [6.07, 6.45) is 0.796. The summed E-state index contributed by atoms with van der Waals surface area (Å²) >= 11 is 0. The Kier molecular flexibility index (Phi) is 9.36. The van der Waals surface area contributed by atoms with Gasteiger partial charge in [0, 0.05) is 19.0 Å². The number of hydrogen-bond donors (Lipinski definition) is 1. The number of nitrogens with zero attached hydrogens (tertiary/aromatic N) is 1. The van der Waals surface area contributed by atoms with Gasteiger partial charge in [0.15, 0.2) is 0 Å². The Hall–Kier alpha value is -1.63. The third kappa shape index (κ3) is 8.47. The molecule has 0 saturated heterocycles. The summed E-state index contributed by atoms with van der Waals surface area (Å²) in [4.78, 5) is 35.5. The van der Waals surface area contributed by atoms with Gasteiger partial charge in [0.25, 0.3) is 0 Å². The fourth-order valence-corrected chi connectivity index (χ4v) is 1.45. The lowest BCUT2D eigenvalue weighted by atomic mass is 10.3. The number of nitrogens with one attached hydrogen (secondary N) is 1. The van der Waals surface area contributed by atoms with E-state index in [9.17, 15) is 14.4 Å². The van der Waals surface area contributed by atoms with Gasteiger partial charge < -0.3 is 14.8 Å². The van der Waals surface area contributed by atoms with E-state index in [2.05, 4.69) is 14.8 Å². The van der Waals surface area contributed by atoms with E-state index >= 15 is 0 Å². The van der Waals surface area contributed by atoms with Gasteiger partial charge in [0.1, 0.15) is 0 Å². The van der Waals surface area contributed by atoms with Crippen LogP contribution in [0.5, 0.6) is 0 Å². The van der Waals surface area contributed by atoms with Crippen LogP contribution in [0.15, 0.2) is 0 Å². The molecule has 0 aliphatic carbocycles. The summed E-state index contributed by atoms with van der Waals surface area (Å²) in [5.41, 5.74) is 0. The Morgan fingerprint density at radius 3 is 2.15 bits per heavy atom. The number of rotatable bonds is 9. The van der Waals surface area contributed by atoms with Crippen LogP contribution in [0.2, 0.25) is 0 Å². The highest BCUT2D eigenvalue weighted by Gasteiger charge is 2.17. The monoisotopic (exact) mass is 288 g/mol. The Bertz CT molecular complexity index is 331. The first-order valence-electron chi connectivity index (χ1n) is 6.55. The van der Waals surface area contributed by atoms with Crippen molar-refractivity contribution in [1.29, 1.82) is 0 Å². The normalized spacial score (nSPS) is 10.5. The largest absolute Gasteiger partial charge is 0.469 e. The zero-order valence-electron chi connectivity index (χ0n) is 12.6. The predicted octanol–water partition coefficient (Wildman–Crippen LogP) is -0.0608. The highest BCUT2D eigenvalue weighted by atomic mass is 16.5. The van der Waals surface area contributed by atoms with E-state index < -0.39 is 0 Å². The molecule has 0 radical (unpaired) electrons. The smallest absolute Gasteiger partial charge is 0.319 e. The molecule has 1 N–H and O–H groups in total. The molecule has 0 rings (SSSR count). The molecule has 116 valence electrons. The number of ether oxygens (including phenoxy) is 2. The number of methoxy groups -OCH3 is 2. The van der Waals surface area contributed by atoms with Crippen molar-refractivity contribution in [2.24, 2.45) is 0 Å². The lowest BCUT2D eigenvalue weighted by Gasteiger charge is -2.24. The Morgan fingerprint density at radius 1 is 1.05 bits per heavy atom. The molecule has 0 bridgehead atoms. The first-order chi connectivity index (χ1) is 9.40. The maximum absolute atomic E-state index is 11.7. The van der Waals surface area contributed by atoms with Crippen LogP contribution in [0.3, 0.4) is 0 Å². The van der Waals surface area contributed by atoms with E-state index in [1.54, 1.807) is 4.90 Å². The van der Waals surface area contributed by atoms with Gasteiger partial charge in [-0.25, -0.2) is 0 Å². The van der Waals surface area contributed by atoms with Crippen molar-refractivity contribution in [3.63, 3.8) is 0 Å². The highest BCUT2D eigenvalue weighted by Crippen LogP contribution is 1.98. The molecule has 0 unspecified atom stereocenters. The van der Waals surface area contributed by atoms with Gasteiger partial charge in [-0.15, -0.1) is 0 Å². The molecule has 0 saturated carbocycles. The maximum atomic E-state index is 11.7. The van der Waals surface area contributed by atoms with Crippen LogP contribution >= 0.6 is 0 Å². The minimum atomic E-state index is -0.378. The minimum absolute atomic E-state index is 0.0509. The number of carbonyl (C=O) groups is 3. The number of hydrogen-bond acceptors (Lipinski definition) is 6. The van der Waals surface area contributed by atoms with Crippen LogP contribution in [-0.2, 0) is 23.9 Å². The standard InChI is InChI=1S/C13H24N2O5/c1-10(2)15(9-13(18)20-4)8-11(16)14-7-5-6-12(17)19-3/h10H,5-9H2,1-4H3,(H,14,16). The molecular weight excluding hydrogens is 264 g/mol. The van der Waals surface area contributed by atoms with Gasteiger partial charge in [-0.1, -0.05) is 0 Å². The molecule has 1 amide bonds. The first kappa shape index (κ1) is 18.4. The first-order valence-corrected chi connectivity index (χ1v) is 6.55. The zero-order valence-corrected chi connectivity index (χ0v) is 12.6. The van der Waals surface area contributed by atoms with Crippen molar-refractivity contribution in [3.05, 3.63) is 0 Å². The third-order valence-corrected chi connectivity index (χ3v) is 2.74. The summed E-state index contributed by atoms with van der Waals surface area (Å²) in [5.74, 6) is -0.863. The zero-order chi connectivity index (χ0) is 15.5. The summed E-state index contributed by atoms with van der Waals surface area (Å²) in [6, 6.07) is 0.0509. The summed E-state index contributed by atoms with van der Waals surface area (Å²) in [6.45, 7) is 4.38. The SMILES string of the molecule is COC(=O)CCCNC(=O)CN(CC(=O)OC)C(C)C. The van der Waals surface area contributed by atoms with Crippen molar-refractivity contribution in [3.8, 4) is 0 Å². The third-order valence-electron chi connectivity index (χ3n) is 2.74. The molecule has 0 aromatic rings. The molecule has 20 heavy (non-hydrogen) atoms. The number of carbonyl (C=O) groups excluding carboxylic acids is 3. The fourth-order valence-electron chi connectivity index (χ4n) is 1.45. The molecule has 0 aliphatic heterocycles. The van der Waals surface area contributed by atoms with E-state index in [0.29, 0.717) is 13.0 Å². The molecule has 0 aliphatic rings. The van der Waals surface area contributed by atoms with Crippen LogP contribution in [0.25, 0.3) is 0 Å². The van der Waals surface area contributed by atoms with Crippen molar-refractivity contribution < 1.29 is 23.9 Å². The Labute approximate surface area is 119 Å². The fraction of sp³-hybridized carbons (Fsp3) is 0.769. The van der Waals surface area contributed by atoms with E-state index in [-0.39, 0.29) is 43.4 Å². The lowest BCUT2D eigenvalue weighted by molar-refractivity contribution is -0.143. The van der Waals surface area contributed by atoms with Gasteiger partial charge in [-0.05, 0) is 20.3 Å². The molecule has 0 aromatic carbocycles. The second kappa shape index (κ2) is 10.2. The summed E-state index contributed by atoms with van der Waals surface area (Å²) in [5, 5.41) is 2.70. The van der Waals surface area contributed by atoms with E-state index in [4.69, 9.17) is 0 Å². The van der Waals surface area contributed by atoms with E-state index in [0.717, 1.165) is 0 Å². The van der Waals surface area contributed by atoms with Gasteiger partial charge in [0.05, 0.1) is 27.3 Å². The van der Waals surface area contributed by atoms with E-state index in [1.165, 1.54) is 14.2 Å². The average molecular weight is 288 g/mol. The second-order valence-electron chi connectivity index (χ2n) is 4.60. The van der Waals surface area contributed by atoms with Gasteiger partial charge >= 0.3 is 11.9 Å². The van der Waals surface area contributed by atoms with Crippen molar-refractivity contribution >= 4 is 17.8 Å². The average Bonchev–Trinajstić information content (AvgIpc) is 2.42. The molecule has 0 fully saturated rings. The van der Waals surface area contributed by atoms with Gasteiger partial charge in [0.2, 0.25) is 5.91 Å². The second-order valence-corrected chi connectivity index (χ2v) is 4.60. The van der Waals surface area contributed by atoms with Crippen molar-refractivity contribution in [2.75, 3.05) is 33.9 Å². The number of esters is 2. The molecule has 0 heterocycles. The molecular formula is C13H24N2O5. The van der Waals surface area contributed by atoms with Crippen LogP contribution in [0.4, 0.5) is 0 Å². The topological polar surface area (TPSA) is 84.9 Å². The maximum Gasteiger partial charge on any atom is 0.319 e. The molecule has 0 atom stereocenters. The lowest BCUT2D eigenvalue weighted by Crippen LogP contribution is -2.43. The molecule has 7 heteroatoms. The summed E-state index contributed by atoms with van der Waals surface area (Å²) in [7, 11) is 2.64. The Balaban J connectivity index is 4.01. The molecule has 7 nitrogen and oxygen atoms in total.